The van der Waals surface area contributed by atoms with Crippen LogP contribution in [0.5, 0.6) is 0 Å². The molecule has 0 saturated carbocycles. The third-order valence-electron chi connectivity index (χ3n) is 3.74. The van der Waals surface area contributed by atoms with Gasteiger partial charge in [-0.3, -0.25) is 0 Å². The third-order valence-corrected chi connectivity index (χ3v) is 6.74. The van der Waals surface area contributed by atoms with Gasteiger partial charge < -0.3 is 10.1 Å². The van der Waals surface area contributed by atoms with E-state index in [1.807, 2.05) is 13.0 Å². The Morgan fingerprint density at radius 3 is 2.90 bits per heavy atom. The fourth-order valence-corrected chi connectivity index (χ4v) is 4.98. The molecular weight excluding hydrogens is 308 g/mol. The molecule has 1 aliphatic rings. The molecule has 120 valence electrons. The molecule has 0 aromatic carbocycles. The van der Waals surface area contributed by atoms with Crippen molar-refractivity contribution in [2.24, 2.45) is 5.92 Å². The summed E-state index contributed by atoms with van der Waals surface area (Å²) in [5.74, 6) is 0.283. The second-order valence-electron chi connectivity index (χ2n) is 5.22. The molecule has 0 spiro atoms. The van der Waals surface area contributed by atoms with E-state index in [9.17, 15) is 8.42 Å². The van der Waals surface area contributed by atoms with Gasteiger partial charge >= 0.3 is 0 Å². The van der Waals surface area contributed by atoms with E-state index < -0.39 is 10.0 Å². The zero-order valence-corrected chi connectivity index (χ0v) is 14.2. The zero-order chi connectivity index (χ0) is 15.3. The topological polar surface area (TPSA) is 67.4 Å². The van der Waals surface area contributed by atoms with Gasteiger partial charge in [-0.2, -0.15) is 0 Å². The Kier molecular flexibility index (Phi) is 6.19. The van der Waals surface area contributed by atoms with Crippen molar-refractivity contribution in [2.45, 2.75) is 43.5 Å². The molecule has 2 heterocycles. The highest BCUT2D eigenvalue weighted by Crippen LogP contribution is 2.25. The third kappa shape index (κ3) is 4.50. The summed E-state index contributed by atoms with van der Waals surface area (Å²) in [6, 6.07) is 3.55. The summed E-state index contributed by atoms with van der Waals surface area (Å²) >= 11 is 1.32. The number of nitrogens with one attached hydrogen (secondary N) is 2. The van der Waals surface area contributed by atoms with Crippen molar-refractivity contribution in [3.8, 4) is 0 Å². The molecule has 2 rings (SSSR count). The lowest BCUT2D eigenvalue weighted by Crippen LogP contribution is -2.32. The number of thiophene rings is 1. The van der Waals surface area contributed by atoms with Gasteiger partial charge in [0.1, 0.15) is 4.21 Å². The van der Waals surface area contributed by atoms with Gasteiger partial charge in [0.2, 0.25) is 10.0 Å². The monoisotopic (exact) mass is 332 g/mol. The fourth-order valence-electron chi connectivity index (χ4n) is 2.51. The molecule has 1 saturated heterocycles. The van der Waals surface area contributed by atoms with Crippen LogP contribution in [0.2, 0.25) is 0 Å². The van der Waals surface area contributed by atoms with Crippen molar-refractivity contribution in [3.63, 3.8) is 0 Å². The van der Waals surface area contributed by atoms with Crippen molar-refractivity contribution in [1.29, 1.82) is 0 Å². The maximum Gasteiger partial charge on any atom is 0.250 e. The predicted molar refractivity (Wildman–Crippen MR) is 85.0 cm³/mol. The van der Waals surface area contributed by atoms with Gasteiger partial charge in [0.25, 0.3) is 0 Å². The fraction of sp³-hybridized carbons (Fsp3) is 0.714. The Morgan fingerprint density at radius 1 is 1.38 bits per heavy atom. The molecule has 1 aromatic heterocycles. The molecule has 2 atom stereocenters. The van der Waals surface area contributed by atoms with E-state index in [4.69, 9.17) is 4.74 Å². The van der Waals surface area contributed by atoms with E-state index in [1.165, 1.54) is 11.3 Å². The number of rotatable bonds is 8. The number of hydrogen-bond donors (Lipinski definition) is 2. The minimum atomic E-state index is -3.40. The first kappa shape index (κ1) is 16.9. The van der Waals surface area contributed by atoms with E-state index in [2.05, 4.69) is 17.0 Å². The summed E-state index contributed by atoms with van der Waals surface area (Å²) in [4.78, 5) is 1.04. The Morgan fingerprint density at radius 2 is 2.19 bits per heavy atom. The summed E-state index contributed by atoms with van der Waals surface area (Å²) in [7, 11) is -3.40. The van der Waals surface area contributed by atoms with Gasteiger partial charge in [0.15, 0.2) is 0 Å². The first-order valence-electron chi connectivity index (χ1n) is 7.47. The molecule has 0 amide bonds. The largest absolute Gasteiger partial charge is 0.378 e. The SMILES string of the molecule is CCNCc1ccc(S(=O)(=O)NCC2CCOC2CC)s1. The summed E-state index contributed by atoms with van der Waals surface area (Å²) in [5, 5.41) is 3.20. The standard InChI is InChI=1S/C14H24N2O3S2/c1-3-13-11(7-8-19-13)9-16-21(17,18)14-6-5-12(20-14)10-15-4-2/h5-6,11,13,15-16H,3-4,7-10H2,1-2H3. The maximum atomic E-state index is 12.3. The van der Waals surface area contributed by atoms with E-state index in [0.717, 1.165) is 30.9 Å². The van der Waals surface area contributed by atoms with Gasteiger partial charge in [0, 0.05) is 30.5 Å². The molecule has 1 aromatic rings. The summed E-state index contributed by atoms with van der Waals surface area (Å²) in [6.07, 6.45) is 2.04. The van der Waals surface area contributed by atoms with Gasteiger partial charge in [-0.05, 0) is 31.5 Å². The molecule has 7 heteroatoms. The van der Waals surface area contributed by atoms with Crippen LogP contribution in [0, 0.1) is 5.92 Å². The van der Waals surface area contributed by atoms with Crippen LogP contribution in [-0.4, -0.2) is 34.2 Å². The van der Waals surface area contributed by atoms with Gasteiger partial charge in [-0.1, -0.05) is 13.8 Å². The Labute approximate surface area is 131 Å². The highest BCUT2D eigenvalue weighted by Gasteiger charge is 2.28. The smallest absolute Gasteiger partial charge is 0.250 e. The molecule has 5 nitrogen and oxygen atoms in total. The molecule has 1 fully saturated rings. The van der Waals surface area contributed by atoms with Crippen LogP contribution in [0.15, 0.2) is 16.3 Å². The average molecular weight is 332 g/mol. The van der Waals surface area contributed by atoms with E-state index in [-0.39, 0.29) is 12.0 Å². The molecule has 0 bridgehead atoms. The van der Waals surface area contributed by atoms with Gasteiger partial charge in [0.05, 0.1) is 6.10 Å². The van der Waals surface area contributed by atoms with Crippen LogP contribution < -0.4 is 10.0 Å². The Bertz CT molecular complexity index is 542. The van der Waals surface area contributed by atoms with Crippen molar-refractivity contribution < 1.29 is 13.2 Å². The van der Waals surface area contributed by atoms with Crippen molar-refractivity contribution >= 4 is 21.4 Å². The highest BCUT2D eigenvalue weighted by atomic mass is 32.2. The van der Waals surface area contributed by atoms with E-state index >= 15 is 0 Å². The molecule has 2 N–H and O–H groups in total. The minimum absolute atomic E-state index is 0.181. The minimum Gasteiger partial charge on any atom is -0.378 e. The molecule has 2 unspecified atom stereocenters. The number of ether oxygens (including phenoxy) is 1. The normalized spacial score (nSPS) is 22.8. The molecular formula is C14H24N2O3S2. The molecule has 21 heavy (non-hydrogen) atoms. The van der Waals surface area contributed by atoms with Crippen LogP contribution in [0.4, 0.5) is 0 Å². The second kappa shape index (κ2) is 7.69. The van der Waals surface area contributed by atoms with Crippen molar-refractivity contribution in [1.82, 2.24) is 10.0 Å². The summed E-state index contributed by atoms with van der Waals surface area (Å²) < 4.78 is 33.3. The van der Waals surface area contributed by atoms with Crippen LogP contribution in [0.25, 0.3) is 0 Å². The zero-order valence-electron chi connectivity index (χ0n) is 12.6. The van der Waals surface area contributed by atoms with Crippen LogP contribution in [0.3, 0.4) is 0 Å². The van der Waals surface area contributed by atoms with E-state index in [1.54, 1.807) is 6.07 Å². The quantitative estimate of drug-likeness (QED) is 0.763. The summed E-state index contributed by atoms with van der Waals surface area (Å²) in [6.45, 7) is 6.88. The predicted octanol–water partition coefficient (Wildman–Crippen LogP) is 1.95. The maximum absolute atomic E-state index is 12.3. The lowest BCUT2D eigenvalue weighted by atomic mass is 10.0. The average Bonchev–Trinajstić information content (AvgIpc) is 3.12. The van der Waals surface area contributed by atoms with Gasteiger partial charge in [-0.25, -0.2) is 13.1 Å². The first-order chi connectivity index (χ1) is 10.1. The van der Waals surface area contributed by atoms with Crippen LogP contribution in [-0.2, 0) is 21.3 Å². The molecule has 0 aliphatic carbocycles. The second-order valence-corrected chi connectivity index (χ2v) is 8.38. The Hall–Kier alpha value is -0.470. The van der Waals surface area contributed by atoms with Crippen LogP contribution >= 0.6 is 11.3 Å². The lowest BCUT2D eigenvalue weighted by Gasteiger charge is -2.16. The van der Waals surface area contributed by atoms with Gasteiger partial charge in [-0.15, -0.1) is 11.3 Å². The van der Waals surface area contributed by atoms with Crippen LogP contribution in [0.1, 0.15) is 31.6 Å². The number of hydrogen-bond acceptors (Lipinski definition) is 5. The lowest BCUT2D eigenvalue weighted by molar-refractivity contribution is 0.0884. The molecule has 1 aliphatic heterocycles. The summed E-state index contributed by atoms with van der Waals surface area (Å²) in [5.41, 5.74) is 0. The Balaban J connectivity index is 1.93. The van der Waals surface area contributed by atoms with Crippen molar-refractivity contribution in [3.05, 3.63) is 17.0 Å². The highest BCUT2D eigenvalue weighted by molar-refractivity contribution is 7.91. The van der Waals surface area contributed by atoms with Crippen molar-refractivity contribution in [2.75, 3.05) is 19.7 Å². The molecule has 0 radical (unpaired) electrons. The number of sulfonamides is 1. The first-order valence-corrected chi connectivity index (χ1v) is 9.77. The van der Waals surface area contributed by atoms with E-state index in [0.29, 0.717) is 17.3 Å².